The molecule has 0 aromatic heterocycles. The van der Waals surface area contributed by atoms with Gasteiger partial charge in [0.2, 0.25) is 5.90 Å². The van der Waals surface area contributed by atoms with Crippen LogP contribution < -0.4 is 10.6 Å². The van der Waals surface area contributed by atoms with E-state index in [9.17, 15) is 0 Å². The molecule has 0 bridgehead atoms. The second-order valence-corrected chi connectivity index (χ2v) is 9.61. The first-order valence-corrected chi connectivity index (χ1v) is 11.6. The molecule has 147 valence electrons. The Morgan fingerprint density at radius 1 is 0.800 bits per heavy atom. The van der Waals surface area contributed by atoms with Crippen LogP contribution in [0.3, 0.4) is 0 Å². The van der Waals surface area contributed by atoms with Gasteiger partial charge in [-0.2, -0.15) is 0 Å². The number of fused-ring (bicyclic) bond motifs is 1. The standard InChI is InChI=1S/C27H23NOP/c1-20(28-27-25-16-9-8-11-21(25)19-29-27)24-17-10-18-26(24)30(22-12-4-2-5-13-22)23-14-6-3-7-15-23/h2-18,20H,19H2,1H3/t20-/m1/s1. The Kier molecular flexibility index (Phi) is 5.69. The number of aliphatic imine (C=N–C) groups is 1. The summed E-state index contributed by atoms with van der Waals surface area (Å²) >= 11 is 0. The molecule has 0 saturated heterocycles. The predicted molar refractivity (Wildman–Crippen MR) is 126 cm³/mol. The zero-order valence-electron chi connectivity index (χ0n) is 16.9. The van der Waals surface area contributed by atoms with Crippen LogP contribution in [0.4, 0.5) is 0 Å². The third-order valence-electron chi connectivity index (χ3n) is 5.47. The van der Waals surface area contributed by atoms with E-state index in [0.29, 0.717) is 6.61 Å². The van der Waals surface area contributed by atoms with Gasteiger partial charge < -0.3 is 4.74 Å². The maximum atomic E-state index is 5.92. The topological polar surface area (TPSA) is 21.6 Å². The van der Waals surface area contributed by atoms with E-state index in [2.05, 4.69) is 105 Å². The minimum Gasteiger partial charge on any atom is -0.473 e. The van der Waals surface area contributed by atoms with Crippen LogP contribution in [0.1, 0.15) is 18.1 Å². The average molecular weight is 408 g/mol. The van der Waals surface area contributed by atoms with Crippen molar-refractivity contribution in [3.8, 4) is 0 Å². The van der Waals surface area contributed by atoms with Crippen molar-refractivity contribution in [2.75, 3.05) is 0 Å². The number of ether oxygens (including phenoxy) is 1. The Bertz CT molecular complexity index is 978. The SMILES string of the molecule is C[C@@H](N=C1OCc2ccccc21)[C]1[CH][CH][CH][C]1P(c1ccccc1)c1ccccc1. The summed E-state index contributed by atoms with van der Waals surface area (Å²) in [5.74, 6) is 2.03. The van der Waals surface area contributed by atoms with Crippen molar-refractivity contribution in [2.45, 2.75) is 19.6 Å². The predicted octanol–water partition coefficient (Wildman–Crippen LogP) is 5.22. The smallest absolute Gasteiger partial charge is 0.217 e. The highest BCUT2D eigenvalue weighted by atomic mass is 31.1. The molecule has 0 N–H and O–H groups in total. The minimum absolute atomic E-state index is 0.0218. The summed E-state index contributed by atoms with van der Waals surface area (Å²) < 4.78 is 5.92. The lowest BCUT2D eigenvalue weighted by molar-refractivity contribution is 0.310. The van der Waals surface area contributed by atoms with Crippen molar-refractivity contribution >= 4 is 24.4 Å². The summed E-state index contributed by atoms with van der Waals surface area (Å²) in [4.78, 5) is 4.99. The lowest BCUT2D eigenvalue weighted by Gasteiger charge is -2.31. The van der Waals surface area contributed by atoms with Crippen molar-refractivity contribution in [3.63, 3.8) is 0 Å². The van der Waals surface area contributed by atoms with Crippen LogP contribution in [0.15, 0.2) is 89.9 Å². The summed E-state index contributed by atoms with van der Waals surface area (Å²) in [6.45, 7) is 2.77. The number of hydrogen-bond acceptors (Lipinski definition) is 2. The number of nitrogens with zero attached hydrogens (tertiary/aromatic N) is 1. The summed E-state index contributed by atoms with van der Waals surface area (Å²) in [7, 11) is -0.643. The zero-order valence-corrected chi connectivity index (χ0v) is 17.8. The number of benzene rings is 3. The van der Waals surface area contributed by atoms with Crippen LogP contribution in [0.25, 0.3) is 0 Å². The fraction of sp³-hybridized carbons (Fsp3) is 0.111. The molecule has 30 heavy (non-hydrogen) atoms. The van der Waals surface area contributed by atoms with Gasteiger partial charge in [0.1, 0.15) is 6.61 Å². The first kappa shape index (κ1) is 19.5. The van der Waals surface area contributed by atoms with Crippen molar-refractivity contribution < 1.29 is 4.74 Å². The third-order valence-corrected chi connectivity index (χ3v) is 7.99. The van der Waals surface area contributed by atoms with Gasteiger partial charge in [-0.05, 0) is 50.8 Å². The Labute approximate surface area is 180 Å². The van der Waals surface area contributed by atoms with E-state index in [-0.39, 0.29) is 6.04 Å². The Morgan fingerprint density at radius 3 is 2.13 bits per heavy atom. The summed E-state index contributed by atoms with van der Waals surface area (Å²) in [6, 6.07) is 30.0. The van der Waals surface area contributed by atoms with Gasteiger partial charge in [-0.1, -0.05) is 78.9 Å². The summed E-state index contributed by atoms with van der Waals surface area (Å²) in [5.41, 5.74) is 3.69. The molecule has 2 nitrogen and oxygen atoms in total. The molecule has 1 saturated carbocycles. The highest BCUT2D eigenvalue weighted by molar-refractivity contribution is 7.76. The molecule has 0 spiro atoms. The molecule has 5 radical (unpaired) electrons. The fourth-order valence-electron chi connectivity index (χ4n) is 3.99. The van der Waals surface area contributed by atoms with Crippen molar-refractivity contribution in [1.82, 2.24) is 0 Å². The molecular formula is C27H23NOP. The van der Waals surface area contributed by atoms with E-state index in [0.717, 1.165) is 11.5 Å². The highest BCUT2D eigenvalue weighted by Gasteiger charge is 2.40. The maximum Gasteiger partial charge on any atom is 0.217 e. The molecule has 0 unspecified atom stereocenters. The van der Waals surface area contributed by atoms with Gasteiger partial charge in [-0.3, -0.25) is 0 Å². The second-order valence-electron chi connectivity index (χ2n) is 7.43. The van der Waals surface area contributed by atoms with Gasteiger partial charge in [-0.15, -0.1) is 0 Å². The molecule has 5 rings (SSSR count). The van der Waals surface area contributed by atoms with E-state index in [1.165, 1.54) is 27.7 Å². The molecular weight excluding hydrogens is 385 g/mol. The minimum atomic E-state index is -0.643. The maximum absolute atomic E-state index is 5.92. The van der Waals surface area contributed by atoms with E-state index in [1.807, 2.05) is 6.07 Å². The van der Waals surface area contributed by atoms with Gasteiger partial charge >= 0.3 is 0 Å². The Morgan fingerprint density at radius 2 is 1.43 bits per heavy atom. The molecule has 2 aliphatic rings. The van der Waals surface area contributed by atoms with Crippen LogP contribution in [-0.2, 0) is 11.3 Å². The third kappa shape index (κ3) is 3.82. The summed E-state index contributed by atoms with van der Waals surface area (Å²) in [5, 5.41) is 2.71. The normalized spacial score (nSPS) is 19.2. The fourth-order valence-corrected chi connectivity index (χ4v) is 6.54. The van der Waals surface area contributed by atoms with E-state index >= 15 is 0 Å². The van der Waals surface area contributed by atoms with Gasteiger partial charge in [0, 0.05) is 22.7 Å². The first-order chi connectivity index (χ1) is 14.8. The Balaban J connectivity index is 1.47. The van der Waals surface area contributed by atoms with Crippen LogP contribution >= 0.6 is 7.92 Å². The second kappa shape index (κ2) is 8.74. The lowest BCUT2D eigenvalue weighted by Crippen LogP contribution is -2.24. The monoisotopic (exact) mass is 408 g/mol. The molecule has 1 fully saturated rings. The van der Waals surface area contributed by atoms with E-state index < -0.39 is 7.92 Å². The lowest BCUT2D eigenvalue weighted by atomic mass is 9.99. The van der Waals surface area contributed by atoms with Gasteiger partial charge in [-0.25, -0.2) is 4.99 Å². The molecule has 1 atom stereocenters. The quantitative estimate of drug-likeness (QED) is 0.531. The zero-order chi connectivity index (χ0) is 20.3. The highest BCUT2D eigenvalue weighted by Crippen LogP contribution is 2.57. The van der Waals surface area contributed by atoms with Gasteiger partial charge in [0.25, 0.3) is 0 Å². The van der Waals surface area contributed by atoms with Crippen LogP contribution in [0, 0.1) is 30.8 Å². The number of hydrogen-bond donors (Lipinski definition) is 0. The van der Waals surface area contributed by atoms with Crippen molar-refractivity contribution in [1.29, 1.82) is 0 Å². The van der Waals surface area contributed by atoms with Crippen molar-refractivity contribution in [3.05, 3.63) is 127 Å². The van der Waals surface area contributed by atoms with E-state index in [1.54, 1.807) is 0 Å². The van der Waals surface area contributed by atoms with Crippen LogP contribution in [0.5, 0.6) is 0 Å². The summed E-state index contributed by atoms with van der Waals surface area (Å²) in [6.07, 6.45) is 6.64. The molecule has 1 aliphatic carbocycles. The molecule has 3 aromatic rings. The van der Waals surface area contributed by atoms with Gasteiger partial charge in [0.15, 0.2) is 0 Å². The molecule has 0 amide bonds. The van der Waals surface area contributed by atoms with Crippen molar-refractivity contribution in [2.24, 2.45) is 4.99 Å². The molecule has 1 aliphatic heterocycles. The number of rotatable bonds is 5. The molecule has 3 aromatic carbocycles. The largest absolute Gasteiger partial charge is 0.473 e. The Hall–Kier alpha value is -2.44. The molecule has 3 heteroatoms. The molecule has 1 heterocycles. The first-order valence-electron chi connectivity index (χ1n) is 10.3. The average Bonchev–Trinajstić information content (AvgIpc) is 3.43. The van der Waals surface area contributed by atoms with Crippen LogP contribution in [-0.4, -0.2) is 11.9 Å². The van der Waals surface area contributed by atoms with Crippen LogP contribution in [0.2, 0.25) is 0 Å². The van der Waals surface area contributed by atoms with Gasteiger partial charge in [0.05, 0.1) is 6.04 Å². The van der Waals surface area contributed by atoms with E-state index in [4.69, 9.17) is 9.73 Å².